The van der Waals surface area contributed by atoms with Gasteiger partial charge in [-0.25, -0.2) is 8.42 Å². The van der Waals surface area contributed by atoms with E-state index in [0.29, 0.717) is 0 Å². The standard InChI is InChI=1S/C12H15FN2O5S/c1-12(2,21(3,19)20)7-14-11(16)8-4-5-9(13)10(6-8)15(17)18/h4-6H,7H2,1-3H3,(H,14,16). The van der Waals surface area contributed by atoms with Crippen molar-refractivity contribution in [2.24, 2.45) is 0 Å². The molecule has 1 aromatic carbocycles. The summed E-state index contributed by atoms with van der Waals surface area (Å²) >= 11 is 0. The molecule has 0 bridgehead atoms. The molecule has 0 saturated heterocycles. The molecule has 0 unspecified atom stereocenters. The fraction of sp³-hybridized carbons (Fsp3) is 0.417. The van der Waals surface area contributed by atoms with Gasteiger partial charge in [0.15, 0.2) is 9.84 Å². The molecule has 0 aliphatic carbocycles. The van der Waals surface area contributed by atoms with E-state index in [1.165, 1.54) is 13.8 Å². The van der Waals surface area contributed by atoms with Crippen molar-refractivity contribution >= 4 is 21.4 Å². The largest absolute Gasteiger partial charge is 0.350 e. The van der Waals surface area contributed by atoms with Crippen molar-refractivity contribution in [2.45, 2.75) is 18.6 Å². The highest BCUT2D eigenvalue weighted by Gasteiger charge is 2.30. The van der Waals surface area contributed by atoms with Gasteiger partial charge in [-0.3, -0.25) is 14.9 Å². The van der Waals surface area contributed by atoms with Crippen LogP contribution >= 0.6 is 0 Å². The number of nitro groups is 1. The molecule has 0 aromatic heterocycles. The van der Waals surface area contributed by atoms with Crippen molar-refractivity contribution in [3.8, 4) is 0 Å². The lowest BCUT2D eigenvalue weighted by molar-refractivity contribution is -0.387. The van der Waals surface area contributed by atoms with E-state index in [4.69, 9.17) is 0 Å². The van der Waals surface area contributed by atoms with Crippen LogP contribution in [0.15, 0.2) is 18.2 Å². The molecule has 0 atom stereocenters. The fourth-order valence-corrected chi connectivity index (χ4v) is 1.65. The zero-order valence-electron chi connectivity index (χ0n) is 11.7. The van der Waals surface area contributed by atoms with Crippen molar-refractivity contribution < 1.29 is 22.5 Å². The molecule has 116 valence electrons. The van der Waals surface area contributed by atoms with Crippen LogP contribution in [0.3, 0.4) is 0 Å². The minimum absolute atomic E-state index is 0.118. The monoisotopic (exact) mass is 318 g/mol. The van der Waals surface area contributed by atoms with Crippen LogP contribution in [0.25, 0.3) is 0 Å². The molecule has 9 heteroatoms. The molecule has 1 N–H and O–H groups in total. The zero-order chi connectivity index (χ0) is 16.4. The topological polar surface area (TPSA) is 106 Å². The van der Waals surface area contributed by atoms with Crippen LogP contribution in [0.4, 0.5) is 10.1 Å². The number of nitrogens with zero attached hydrogens (tertiary/aromatic N) is 1. The minimum Gasteiger partial charge on any atom is -0.350 e. The van der Waals surface area contributed by atoms with E-state index in [2.05, 4.69) is 5.32 Å². The molecule has 0 aliphatic heterocycles. The van der Waals surface area contributed by atoms with Crippen LogP contribution < -0.4 is 5.32 Å². The Hall–Kier alpha value is -2.03. The lowest BCUT2D eigenvalue weighted by atomic mass is 10.1. The summed E-state index contributed by atoms with van der Waals surface area (Å²) in [6, 6.07) is 2.71. The summed E-state index contributed by atoms with van der Waals surface area (Å²) in [5, 5.41) is 13.0. The first-order valence-corrected chi connectivity index (χ1v) is 7.76. The first kappa shape index (κ1) is 17.0. The first-order chi connectivity index (χ1) is 9.45. The van der Waals surface area contributed by atoms with E-state index in [0.717, 1.165) is 24.5 Å². The predicted octanol–water partition coefficient (Wildman–Crippen LogP) is 1.29. The molecule has 1 aromatic rings. The van der Waals surface area contributed by atoms with Crippen LogP contribution in [0.5, 0.6) is 0 Å². The van der Waals surface area contributed by atoms with E-state index in [1.54, 1.807) is 0 Å². The summed E-state index contributed by atoms with van der Waals surface area (Å²) in [5.41, 5.74) is -0.933. The average molecular weight is 318 g/mol. The van der Waals surface area contributed by atoms with Crippen LogP contribution in [-0.2, 0) is 9.84 Å². The van der Waals surface area contributed by atoms with Gasteiger partial charge in [0.05, 0.1) is 9.67 Å². The second kappa shape index (κ2) is 5.76. The summed E-state index contributed by atoms with van der Waals surface area (Å²) in [7, 11) is -3.39. The SMILES string of the molecule is CC(C)(CNC(=O)c1ccc(F)c([N+](=O)[O-])c1)S(C)(=O)=O. The highest BCUT2D eigenvalue weighted by molar-refractivity contribution is 7.92. The summed E-state index contributed by atoms with van der Waals surface area (Å²) < 4.78 is 35.0. The Morgan fingerprint density at radius 2 is 2.00 bits per heavy atom. The summed E-state index contributed by atoms with van der Waals surface area (Å²) in [6.07, 6.45) is 1.04. The molecular formula is C12H15FN2O5S. The number of nitrogens with one attached hydrogen (secondary N) is 1. The van der Waals surface area contributed by atoms with E-state index < -0.39 is 36.9 Å². The van der Waals surface area contributed by atoms with Gasteiger partial charge in [-0.2, -0.15) is 4.39 Å². The molecule has 1 rings (SSSR count). The number of halogens is 1. The maximum Gasteiger partial charge on any atom is 0.305 e. The number of rotatable bonds is 5. The normalized spacial score (nSPS) is 12.0. The number of nitro benzene ring substituents is 1. The third-order valence-corrected chi connectivity index (χ3v) is 5.24. The van der Waals surface area contributed by atoms with Crippen molar-refractivity contribution in [1.29, 1.82) is 0 Å². The van der Waals surface area contributed by atoms with E-state index in [-0.39, 0.29) is 12.1 Å². The lowest BCUT2D eigenvalue weighted by Crippen LogP contribution is -2.43. The van der Waals surface area contributed by atoms with Gasteiger partial charge in [-0.05, 0) is 26.0 Å². The Kier molecular flexibility index (Phi) is 4.67. The smallest absolute Gasteiger partial charge is 0.305 e. The number of hydrogen-bond acceptors (Lipinski definition) is 5. The van der Waals surface area contributed by atoms with E-state index in [9.17, 15) is 27.7 Å². The molecule has 21 heavy (non-hydrogen) atoms. The van der Waals surface area contributed by atoms with Gasteiger partial charge in [0.1, 0.15) is 0 Å². The van der Waals surface area contributed by atoms with Gasteiger partial charge < -0.3 is 5.32 Å². The van der Waals surface area contributed by atoms with Gasteiger partial charge in [0.25, 0.3) is 5.91 Å². The molecule has 0 fully saturated rings. The molecular weight excluding hydrogens is 303 g/mol. The number of carbonyl (C=O) groups excluding carboxylic acids is 1. The molecule has 0 heterocycles. The predicted molar refractivity (Wildman–Crippen MR) is 74.3 cm³/mol. The van der Waals surface area contributed by atoms with Crippen LogP contribution in [0.1, 0.15) is 24.2 Å². The van der Waals surface area contributed by atoms with Crippen molar-refractivity contribution in [1.82, 2.24) is 5.32 Å². The van der Waals surface area contributed by atoms with Crippen LogP contribution in [-0.4, -0.2) is 36.8 Å². The van der Waals surface area contributed by atoms with Gasteiger partial charge in [0.2, 0.25) is 5.82 Å². The van der Waals surface area contributed by atoms with Crippen molar-refractivity contribution in [2.75, 3.05) is 12.8 Å². The highest BCUT2D eigenvalue weighted by Crippen LogP contribution is 2.19. The maximum atomic E-state index is 13.2. The fourth-order valence-electron chi connectivity index (χ4n) is 1.32. The first-order valence-electron chi connectivity index (χ1n) is 5.87. The van der Waals surface area contributed by atoms with E-state index in [1.807, 2.05) is 0 Å². The molecule has 7 nitrogen and oxygen atoms in total. The van der Waals surface area contributed by atoms with Gasteiger partial charge in [-0.1, -0.05) is 0 Å². The Balaban J connectivity index is 2.92. The van der Waals surface area contributed by atoms with Gasteiger partial charge >= 0.3 is 5.69 Å². The molecule has 0 radical (unpaired) electrons. The second-order valence-electron chi connectivity index (χ2n) is 5.14. The third-order valence-electron chi connectivity index (χ3n) is 3.08. The number of sulfone groups is 1. The Labute approximate surface area is 121 Å². The van der Waals surface area contributed by atoms with Crippen LogP contribution in [0.2, 0.25) is 0 Å². The summed E-state index contributed by atoms with van der Waals surface area (Å²) in [5.74, 6) is -1.76. The van der Waals surface area contributed by atoms with Crippen LogP contribution in [0, 0.1) is 15.9 Å². The average Bonchev–Trinajstić information content (AvgIpc) is 2.34. The second-order valence-corrected chi connectivity index (χ2v) is 7.79. The van der Waals surface area contributed by atoms with Crippen molar-refractivity contribution in [3.05, 3.63) is 39.7 Å². The Morgan fingerprint density at radius 3 is 2.48 bits per heavy atom. The number of benzene rings is 1. The quantitative estimate of drug-likeness (QED) is 0.650. The molecule has 1 amide bonds. The number of carbonyl (C=O) groups is 1. The zero-order valence-corrected chi connectivity index (χ0v) is 12.5. The summed E-state index contributed by atoms with van der Waals surface area (Å²) in [4.78, 5) is 21.5. The molecule has 0 spiro atoms. The summed E-state index contributed by atoms with van der Waals surface area (Å²) in [6.45, 7) is 2.71. The minimum atomic E-state index is -3.39. The highest BCUT2D eigenvalue weighted by atomic mass is 32.2. The number of amides is 1. The van der Waals surface area contributed by atoms with Gasteiger partial charge in [-0.15, -0.1) is 0 Å². The third kappa shape index (κ3) is 3.97. The lowest BCUT2D eigenvalue weighted by Gasteiger charge is -2.22. The Bertz CT molecular complexity index is 685. The maximum absolute atomic E-state index is 13.2. The molecule has 0 aliphatic rings. The van der Waals surface area contributed by atoms with Gasteiger partial charge in [0, 0.05) is 24.4 Å². The van der Waals surface area contributed by atoms with E-state index >= 15 is 0 Å². The molecule has 0 saturated carbocycles. The van der Waals surface area contributed by atoms with Crippen molar-refractivity contribution in [3.63, 3.8) is 0 Å². The number of hydrogen-bond donors (Lipinski definition) is 1. The Morgan fingerprint density at radius 1 is 1.43 bits per heavy atom.